The first kappa shape index (κ1) is 14.4. The fourth-order valence-electron chi connectivity index (χ4n) is 3.16. The fraction of sp³-hybridized carbons (Fsp3) is 0.533. The molecule has 1 aliphatic heterocycles. The van der Waals surface area contributed by atoms with Gasteiger partial charge in [0.25, 0.3) is 0 Å². The molecule has 104 valence electrons. The zero-order valence-corrected chi connectivity index (χ0v) is 11.7. The number of esters is 1. The van der Waals surface area contributed by atoms with Gasteiger partial charge in [-0.25, -0.2) is 0 Å². The molecule has 0 radical (unpaired) electrons. The molecular formula is C15H20ClNO2. The van der Waals surface area contributed by atoms with Crippen molar-refractivity contribution in [1.82, 2.24) is 5.32 Å². The number of hydrogen-bond acceptors (Lipinski definition) is 3. The SMILES string of the molecule is Cl.O=C(OCc1ccccc1)[C@@H]1CC2CCC[C@H]2N1. The predicted octanol–water partition coefficient (Wildman–Crippen LogP) is 2.68. The van der Waals surface area contributed by atoms with E-state index >= 15 is 0 Å². The second kappa shape index (κ2) is 6.40. The van der Waals surface area contributed by atoms with Gasteiger partial charge in [-0.05, 0) is 30.7 Å². The fourth-order valence-corrected chi connectivity index (χ4v) is 3.16. The predicted molar refractivity (Wildman–Crippen MR) is 76.2 cm³/mol. The van der Waals surface area contributed by atoms with Crippen molar-refractivity contribution in [2.24, 2.45) is 5.92 Å². The molecule has 4 heteroatoms. The van der Waals surface area contributed by atoms with Gasteiger partial charge in [0, 0.05) is 6.04 Å². The smallest absolute Gasteiger partial charge is 0.323 e. The van der Waals surface area contributed by atoms with Crippen molar-refractivity contribution in [3.05, 3.63) is 35.9 Å². The lowest BCUT2D eigenvalue weighted by molar-refractivity contribution is -0.147. The van der Waals surface area contributed by atoms with Crippen molar-refractivity contribution in [2.75, 3.05) is 0 Å². The van der Waals surface area contributed by atoms with Crippen molar-refractivity contribution < 1.29 is 9.53 Å². The average Bonchev–Trinajstić information content (AvgIpc) is 2.98. The molecule has 2 aliphatic rings. The minimum Gasteiger partial charge on any atom is -0.460 e. The van der Waals surface area contributed by atoms with E-state index in [1.54, 1.807) is 0 Å². The highest BCUT2D eigenvalue weighted by Crippen LogP contribution is 2.34. The minimum atomic E-state index is -0.0896. The van der Waals surface area contributed by atoms with Gasteiger partial charge < -0.3 is 10.1 Å². The van der Waals surface area contributed by atoms with Crippen LogP contribution < -0.4 is 5.32 Å². The molecule has 0 bridgehead atoms. The second-order valence-electron chi connectivity index (χ2n) is 5.35. The topological polar surface area (TPSA) is 38.3 Å². The van der Waals surface area contributed by atoms with E-state index in [2.05, 4.69) is 5.32 Å². The molecule has 3 atom stereocenters. The van der Waals surface area contributed by atoms with E-state index in [4.69, 9.17) is 4.74 Å². The van der Waals surface area contributed by atoms with E-state index in [1.807, 2.05) is 30.3 Å². The van der Waals surface area contributed by atoms with Gasteiger partial charge in [0.1, 0.15) is 12.6 Å². The second-order valence-corrected chi connectivity index (χ2v) is 5.35. The lowest BCUT2D eigenvalue weighted by Gasteiger charge is -2.12. The summed E-state index contributed by atoms with van der Waals surface area (Å²) in [5, 5.41) is 3.41. The lowest BCUT2D eigenvalue weighted by Crippen LogP contribution is -2.36. The number of fused-ring (bicyclic) bond motifs is 1. The van der Waals surface area contributed by atoms with E-state index in [9.17, 15) is 4.79 Å². The molecule has 0 aromatic heterocycles. The molecule has 0 amide bonds. The molecule has 1 N–H and O–H groups in total. The highest BCUT2D eigenvalue weighted by molar-refractivity contribution is 5.85. The summed E-state index contributed by atoms with van der Waals surface area (Å²) >= 11 is 0. The normalized spacial score (nSPS) is 28.5. The molecule has 3 rings (SSSR count). The number of hydrogen-bond donors (Lipinski definition) is 1. The van der Waals surface area contributed by atoms with Crippen molar-refractivity contribution in [3.63, 3.8) is 0 Å². The van der Waals surface area contributed by atoms with Gasteiger partial charge in [0.2, 0.25) is 0 Å². The molecule has 1 aromatic carbocycles. The summed E-state index contributed by atoms with van der Waals surface area (Å²) in [6.07, 6.45) is 4.74. The largest absolute Gasteiger partial charge is 0.460 e. The Kier molecular flexibility index (Phi) is 4.83. The average molecular weight is 282 g/mol. The molecule has 1 saturated carbocycles. The number of benzene rings is 1. The first-order valence-electron chi connectivity index (χ1n) is 6.79. The highest BCUT2D eigenvalue weighted by Gasteiger charge is 2.40. The summed E-state index contributed by atoms with van der Waals surface area (Å²) in [4.78, 5) is 12.0. The molecular weight excluding hydrogens is 262 g/mol. The highest BCUT2D eigenvalue weighted by atomic mass is 35.5. The van der Waals surface area contributed by atoms with Crippen molar-refractivity contribution in [3.8, 4) is 0 Å². The van der Waals surface area contributed by atoms with E-state index < -0.39 is 0 Å². The number of carbonyl (C=O) groups is 1. The van der Waals surface area contributed by atoms with Gasteiger partial charge in [-0.2, -0.15) is 0 Å². The van der Waals surface area contributed by atoms with Crippen LogP contribution in [0.5, 0.6) is 0 Å². The van der Waals surface area contributed by atoms with Crippen LogP contribution in [0.25, 0.3) is 0 Å². The third-order valence-corrected chi connectivity index (χ3v) is 4.12. The van der Waals surface area contributed by atoms with Crippen molar-refractivity contribution in [2.45, 2.75) is 44.4 Å². The minimum absolute atomic E-state index is 0. The Morgan fingerprint density at radius 1 is 1.26 bits per heavy atom. The quantitative estimate of drug-likeness (QED) is 0.866. The van der Waals surface area contributed by atoms with Gasteiger partial charge in [0.15, 0.2) is 0 Å². The molecule has 0 spiro atoms. The molecule has 19 heavy (non-hydrogen) atoms. The zero-order valence-electron chi connectivity index (χ0n) is 10.9. The van der Waals surface area contributed by atoms with Crippen LogP contribution in [0.15, 0.2) is 30.3 Å². The Hall–Kier alpha value is -1.06. The van der Waals surface area contributed by atoms with Crippen LogP contribution >= 0.6 is 12.4 Å². The molecule has 1 unspecified atom stereocenters. The third kappa shape index (κ3) is 3.28. The third-order valence-electron chi connectivity index (χ3n) is 4.12. The van der Waals surface area contributed by atoms with E-state index in [0.717, 1.165) is 12.0 Å². The number of carbonyl (C=O) groups excluding carboxylic acids is 1. The number of halogens is 1. The molecule has 1 aliphatic carbocycles. The first-order chi connectivity index (χ1) is 8.83. The summed E-state index contributed by atoms with van der Waals surface area (Å²) in [5.74, 6) is 0.604. The van der Waals surface area contributed by atoms with Gasteiger partial charge in [-0.3, -0.25) is 4.79 Å². The van der Waals surface area contributed by atoms with Crippen LogP contribution in [0.2, 0.25) is 0 Å². The van der Waals surface area contributed by atoms with Crippen molar-refractivity contribution in [1.29, 1.82) is 0 Å². The first-order valence-corrected chi connectivity index (χ1v) is 6.79. The van der Waals surface area contributed by atoms with E-state index in [1.165, 1.54) is 19.3 Å². The summed E-state index contributed by atoms with van der Waals surface area (Å²) < 4.78 is 5.38. The van der Waals surface area contributed by atoms with Crippen LogP contribution in [-0.2, 0) is 16.1 Å². The molecule has 1 saturated heterocycles. The summed E-state index contributed by atoms with van der Waals surface area (Å²) in [5.41, 5.74) is 1.05. The standard InChI is InChI=1S/C15H19NO2.ClH/c17-15(18-10-11-5-2-1-3-6-11)14-9-12-7-4-8-13(12)16-14;/h1-3,5-6,12-14,16H,4,7-10H2;1H/t12?,13-,14+;/m1./s1. The van der Waals surface area contributed by atoms with Crippen LogP contribution in [0.1, 0.15) is 31.2 Å². The Bertz CT molecular complexity index is 411. The van der Waals surface area contributed by atoms with Gasteiger partial charge >= 0.3 is 5.97 Å². The molecule has 3 nitrogen and oxygen atoms in total. The van der Waals surface area contributed by atoms with Crippen LogP contribution in [-0.4, -0.2) is 18.1 Å². The van der Waals surface area contributed by atoms with Gasteiger partial charge in [0.05, 0.1) is 0 Å². The van der Waals surface area contributed by atoms with Crippen LogP contribution in [0.4, 0.5) is 0 Å². The van der Waals surface area contributed by atoms with Crippen molar-refractivity contribution >= 4 is 18.4 Å². The Labute approximate surface area is 120 Å². The van der Waals surface area contributed by atoms with Gasteiger partial charge in [-0.1, -0.05) is 36.8 Å². The Balaban J connectivity index is 0.00000133. The van der Waals surface area contributed by atoms with Gasteiger partial charge in [-0.15, -0.1) is 12.4 Å². The maximum Gasteiger partial charge on any atom is 0.323 e. The number of ether oxygens (including phenoxy) is 1. The lowest BCUT2D eigenvalue weighted by atomic mass is 10.0. The van der Waals surface area contributed by atoms with E-state index in [-0.39, 0.29) is 24.4 Å². The number of rotatable bonds is 3. The molecule has 2 fully saturated rings. The maximum absolute atomic E-state index is 12.0. The van der Waals surface area contributed by atoms with Crippen LogP contribution in [0, 0.1) is 5.92 Å². The van der Waals surface area contributed by atoms with E-state index in [0.29, 0.717) is 18.6 Å². The monoisotopic (exact) mass is 281 g/mol. The summed E-state index contributed by atoms with van der Waals surface area (Å²) in [6.45, 7) is 0.382. The molecule has 1 heterocycles. The summed E-state index contributed by atoms with van der Waals surface area (Å²) in [7, 11) is 0. The zero-order chi connectivity index (χ0) is 12.4. The van der Waals surface area contributed by atoms with Crippen LogP contribution in [0.3, 0.4) is 0 Å². The maximum atomic E-state index is 12.0. The Morgan fingerprint density at radius 2 is 2.05 bits per heavy atom. The summed E-state index contributed by atoms with van der Waals surface area (Å²) in [6, 6.07) is 10.3. The number of nitrogens with one attached hydrogen (secondary N) is 1. The Morgan fingerprint density at radius 3 is 2.79 bits per heavy atom. The molecule has 1 aromatic rings.